The first-order chi connectivity index (χ1) is 10.2. The van der Waals surface area contributed by atoms with Gasteiger partial charge < -0.3 is 14.5 Å². The van der Waals surface area contributed by atoms with Crippen LogP contribution in [0.25, 0.3) is 0 Å². The topological polar surface area (TPSA) is 44.7 Å². The second kappa shape index (κ2) is 6.58. The smallest absolute Gasteiger partial charge is 0.227 e. The van der Waals surface area contributed by atoms with Crippen molar-refractivity contribution in [1.82, 2.24) is 14.9 Å². The summed E-state index contributed by atoms with van der Waals surface area (Å²) in [5.74, 6) is 1.83. The normalized spacial score (nSPS) is 24.1. The Hall–Kier alpha value is -1.40. The first-order valence-electron chi connectivity index (χ1n) is 7.81. The van der Waals surface area contributed by atoms with Crippen molar-refractivity contribution in [3.8, 4) is 0 Å². The van der Waals surface area contributed by atoms with Crippen LogP contribution in [0.3, 0.4) is 0 Å². The van der Waals surface area contributed by atoms with Gasteiger partial charge in [-0.15, -0.1) is 0 Å². The van der Waals surface area contributed by atoms with Crippen molar-refractivity contribution in [2.45, 2.75) is 18.9 Å². The van der Waals surface area contributed by atoms with Crippen LogP contribution < -0.4 is 9.80 Å². The molecule has 6 nitrogen and oxygen atoms in total. The minimum absolute atomic E-state index is 0.606. The van der Waals surface area contributed by atoms with E-state index in [1.165, 1.54) is 12.8 Å². The van der Waals surface area contributed by atoms with E-state index in [-0.39, 0.29) is 0 Å². The molecule has 2 aliphatic rings. The van der Waals surface area contributed by atoms with Gasteiger partial charge in [-0.05, 0) is 18.9 Å². The standard InChI is InChI=1S/C15H25N5O/c1-18(2)14-5-6-16-15(17-14)20-7-3-4-13(12-20)19-8-10-21-11-9-19/h5-6,13H,3-4,7-12H2,1-2H3. The van der Waals surface area contributed by atoms with Crippen LogP contribution in [0.1, 0.15) is 12.8 Å². The van der Waals surface area contributed by atoms with Gasteiger partial charge in [-0.3, -0.25) is 4.90 Å². The monoisotopic (exact) mass is 291 g/mol. The summed E-state index contributed by atoms with van der Waals surface area (Å²) >= 11 is 0. The Labute approximate surface area is 126 Å². The first-order valence-corrected chi connectivity index (χ1v) is 7.81. The summed E-state index contributed by atoms with van der Waals surface area (Å²) in [5.41, 5.74) is 0. The molecule has 1 unspecified atom stereocenters. The van der Waals surface area contributed by atoms with E-state index >= 15 is 0 Å². The maximum atomic E-state index is 5.46. The van der Waals surface area contributed by atoms with Gasteiger partial charge in [0.15, 0.2) is 0 Å². The van der Waals surface area contributed by atoms with E-state index in [1.807, 2.05) is 31.3 Å². The van der Waals surface area contributed by atoms with E-state index < -0.39 is 0 Å². The van der Waals surface area contributed by atoms with Gasteiger partial charge in [-0.25, -0.2) is 4.98 Å². The third-order valence-electron chi connectivity index (χ3n) is 4.33. The molecule has 0 N–H and O–H groups in total. The molecule has 1 atom stereocenters. The van der Waals surface area contributed by atoms with Gasteiger partial charge >= 0.3 is 0 Å². The van der Waals surface area contributed by atoms with Gasteiger partial charge in [0.05, 0.1) is 13.2 Å². The van der Waals surface area contributed by atoms with Crippen LogP contribution >= 0.6 is 0 Å². The second-order valence-corrected chi connectivity index (χ2v) is 6.00. The number of aromatic nitrogens is 2. The summed E-state index contributed by atoms with van der Waals surface area (Å²) in [7, 11) is 4.03. The average Bonchev–Trinajstić information content (AvgIpc) is 2.56. The zero-order valence-corrected chi connectivity index (χ0v) is 13.0. The number of piperidine rings is 1. The van der Waals surface area contributed by atoms with E-state index in [1.54, 1.807) is 0 Å². The molecule has 6 heteroatoms. The van der Waals surface area contributed by atoms with Gasteiger partial charge in [0.1, 0.15) is 5.82 Å². The maximum Gasteiger partial charge on any atom is 0.227 e. The highest BCUT2D eigenvalue weighted by atomic mass is 16.5. The molecule has 2 aliphatic heterocycles. The third kappa shape index (κ3) is 3.44. The Morgan fingerprint density at radius 1 is 1.24 bits per heavy atom. The lowest BCUT2D eigenvalue weighted by Crippen LogP contribution is -2.52. The van der Waals surface area contributed by atoms with Crippen LogP contribution in [0.15, 0.2) is 12.3 Å². The van der Waals surface area contributed by atoms with Crippen molar-refractivity contribution in [3.05, 3.63) is 12.3 Å². The molecule has 0 aliphatic carbocycles. The van der Waals surface area contributed by atoms with Crippen molar-refractivity contribution in [1.29, 1.82) is 0 Å². The number of hydrogen-bond acceptors (Lipinski definition) is 6. The lowest BCUT2D eigenvalue weighted by atomic mass is 10.0. The molecule has 3 rings (SSSR count). The van der Waals surface area contributed by atoms with Crippen molar-refractivity contribution >= 4 is 11.8 Å². The van der Waals surface area contributed by atoms with Crippen molar-refractivity contribution in [2.24, 2.45) is 0 Å². The van der Waals surface area contributed by atoms with Gasteiger partial charge in [0.2, 0.25) is 5.95 Å². The van der Waals surface area contributed by atoms with Gasteiger partial charge in [-0.2, -0.15) is 4.98 Å². The highest BCUT2D eigenvalue weighted by Gasteiger charge is 2.27. The molecule has 3 heterocycles. The summed E-state index contributed by atoms with van der Waals surface area (Å²) in [4.78, 5) is 16.1. The van der Waals surface area contributed by atoms with Gasteiger partial charge in [0.25, 0.3) is 0 Å². The molecule has 0 bridgehead atoms. The Kier molecular flexibility index (Phi) is 4.55. The van der Waals surface area contributed by atoms with Gasteiger partial charge in [0, 0.05) is 52.5 Å². The van der Waals surface area contributed by atoms with Crippen LogP contribution in [0.5, 0.6) is 0 Å². The summed E-state index contributed by atoms with van der Waals surface area (Å²) < 4.78 is 5.46. The predicted molar refractivity (Wildman–Crippen MR) is 84.0 cm³/mol. The highest BCUT2D eigenvalue weighted by Crippen LogP contribution is 2.21. The van der Waals surface area contributed by atoms with Crippen molar-refractivity contribution < 1.29 is 4.74 Å². The fraction of sp³-hybridized carbons (Fsp3) is 0.733. The molecule has 0 radical (unpaired) electrons. The molecule has 0 spiro atoms. The molecule has 1 aromatic heterocycles. The fourth-order valence-corrected chi connectivity index (χ4v) is 3.12. The minimum atomic E-state index is 0.606. The molecule has 0 aromatic carbocycles. The highest BCUT2D eigenvalue weighted by molar-refractivity contribution is 5.42. The van der Waals surface area contributed by atoms with E-state index in [2.05, 4.69) is 19.8 Å². The Bertz CT molecular complexity index is 461. The average molecular weight is 291 g/mol. The zero-order chi connectivity index (χ0) is 14.7. The number of morpholine rings is 1. The molecule has 2 fully saturated rings. The summed E-state index contributed by atoms with van der Waals surface area (Å²) in [6, 6.07) is 2.56. The summed E-state index contributed by atoms with van der Waals surface area (Å²) in [6.45, 7) is 5.91. The van der Waals surface area contributed by atoms with E-state index in [4.69, 9.17) is 4.74 Å². The van der Waals surface area contributed by atoms with Crippen LogP contribution in [0, 0.1) is 0 Å². The second-order valence-electron chi connectivity index (χ2n) is 6.00. The lowest BCUT2D eigenvalue weighted by molar-refractivity contribution is 0.0136. The number of nitrogens with zero attached hydrogens (tertiary/aromatic N) is 5. The Balaban J connectivity index is 1.69. The molecule has 1 aromatic rings. The van der Waals surface area contributed by atoms with Crippen LogP contribution in [-0.2, 0) is 4.74 Å². The molecule has 2 saturated heterocycles. The minimum Gasteiger partial charge on any atom is -0.379 e. The van der Waals surface area contributed by atoms with Crippen LogP contribution in [0.2, 0.25) is 0 Å². The van der Waals surface area contributed by atoms with Crippen molar-refractivity contribution in [2.75, 3.05) is 63.3 Å². The first kappa shape index (κ1) is 14.5. The molecular formula is C15H25N5O. The van der Waals surface area contributed by atoms with E-state index in [9.17, 15) is 0 Å². The molecular weight excluding hydrogens is 266 g/mol. The number of ether oxygens (including phenoxy) is 1. The maximum absolute atomic E-state index is 5.46. The largest absolute Gasteiger partial charge is 0.379 e. The quantitative estimate of drug-likeness (QED) is 0.822. The number of rotatable bonds is 3. The molecule has 116 valence electrons. The summed E-state index contributed by atoms with van der Waals surface area (Å²) in [6.07, 6.45) is 4.33. The number of anilines is 2. The van der Waals surface area contributed by atoms with Gasteiger partial charge in [-0.1, -0.05) is 0 Å². The lowest BCUT2D eigenvalue weighted by Gasteiger charge is -2.40. The van der Waals surface area contributed by atoms with Crippen LogP contribution in [-0.4, -0.2) is 74.4 Å². The fourth-order valence-electron chi connectivity index (χ4n) is 3.12. The predicted octanol–water partition coefficient (Wildman–Crippen LogP) is 0.844. The van der Waals surface area contributed by atoms with E-state index in [0.29, 0.717) is 6.04 Å². The van der Waals surface area contributed by atoms with E-state index in [0.717, 1.165) is 51.2 Å². The van der Waals surface area contributed by atoms with Crippen LogP contribution in [0.4, 0.5) is 11.8 Å². The Morgan fingerprint density at radius 2 is 2.05 bits per heavy atom. The SMILES string of the molecule is CN(C)c1ccnc(N2CCCC(N3CCOCC3)C2)n1. The molecule has 0 amide bonds. The van der Waals surface area contributed by atoms with Crippen molar-refractivity contribution in [3.63, 3.8) is 0 Å². The molecule has 21 heavy (non-hydrogen) atoms. The number of hydrogen-bond donors (Lipinski definition) is 0. The zero-order valence-electron chi connectivity index (χ0n) is 13.0. The molecule has 0 saturated carbocycles. The Morgan fingerprint density at radius 3 is 2.81 bits per heavy atom. The summed E-state index contributed by atoms with van der Waals surface area (Å²) in [5, 5.41) is 0. The third-order valence-corrected chi connectivity index (χ3v) is 4.33.